The molecular weight excluding hydrogens is 218 g/mol. The zero-order chi connectivity index (χ0) is 11.0. The molecular formula is C10H12ClNO3. The van der Waals surface area contributed by atoms with E-state index in [1.54, 1.807) is 0 Å². The minimum absolute atomic E-state index is 0.0375. The zero-order valence-corrected chi connectivity index (χ0v) is 8.75. The molecule has 1 fully saturated rings. The summed E-state index contributed by atoms with van der Waals surface area (Å²) >= 11 is 5.90. The van der Waals surface area contributed by atoms with Gasteiger partial charge in [0.25, 0.3) is 0 Å². The van der Waals surface area contributed by atoms with Crippen molar-refractivity contribution in [1.29, 1.82) is 0 Å². The first kappa shape index (κ1) is 10.4. The molecule has 0 aliphatic carbocycles. The molecule has 0 saturated carbocycles. The Kier molecular flexibility index (Phi) is 2.63. The van der Waals surface area contributed by atoms with Crippen LogP contribution in [0.15, 0.2) is 6.07 Å². The maximum absolute atomic E-state index is 9.69. The summed E-state index contributed by atoms with van der Waals surface area (Å²) in [5.74, 6) is -0.727. The molecule has 4 N–H and O–H groups in total. The maximum Gasteiger partial charge on any atom is 0.162 e. The van der Waals surface area contributed by atoms with Gasteiger partial charge in [-0.25, -0.2) is 0 Å². The number of hydrogen-bond donors (Lipinski definition) is 4. The highest BCUT2D eigenvalue weighted by Gasteiger charge is 2.26. The number of phenols is 3. The van der Waals surface area contributed by atoms with Crippen molar-refractivity contribution in [2.45, 2.75) is 12.3 Å². The van der Waals surface area contributed by atoms with Crippen LogP contribution in [0.1, 0.15) is 17.9 Å². The average molecular weight is 230 g/mol. The van der Waals surface area contributed by atoms with Gasteiger partial charge >= 0.3 is 0 Å². The van der Waals surface area contributed by atoms with Crippen molar-refractivity contribution in [3.8, 4) is 17.2 Å². The quantitative estimate of drug-likeness (QED) is 0.435. The van der Waals surface area contributed by atoms with Crippen LogP contribution in [-0.4, -0.2) is 28.4 Å². The summed E-state index contributed by atoms with van der Waals surface area (Å²) in [5.41, 5.74) is 0.430. The van der Waals surface area contributed by atoms with Gasteiger partial charge in [0, 0.05) is 24.1 Å². The van der Waals surface area contributed by atoms with Crippen molar-refractivity contribution in [2.75, 3.05) is 13.1 Å². The summed E-state index contributed by atoms with van der Waals surface area (Å²) in [6.45, 7) is 1.53. The van der Waals surface area contributed by atoms with Crippen molar-refractivity contribution in [2.24, 2.45) is 0 Å². The van der Waals surface area contributed by atoms with E-state index >= 15 is 0 Å². The van der Waals surface area contributed by atoms with Gasteiger partial charge in [0.2, 0.25) is 0 Å². The standard InChI is InChI=1S/C10H12ClNO3/c11-9-6(13)3-7(14)10(15)8(9)5-1-2-12-4-5/h3,5,12-15H,1-2,4H2. The van der Waals surface area contributed by atoms with Crippen LogP contribution < -0.4 is 5.32 Å². The Morgan fingerprint density at radius 3 is 2.60 bits per heavy atom. The lowest BCUT2D eigenvalue weighted by atomic mass is 9.96. The van der Waals surface area contributed by atoms with Gasteiger partial charge in [-0.3, -0.25) is 0 Å². The second kappa shape index (κ2) is 3.79. The Hall–Kier alpha value is -1.13. The number of hydrogen-bond acceptors (Lipinski definition) is 4. The summed E-state index contributed by atoms with van der Waals surface area (Å²) < 4.78 is 0. The summed E-state index contributed by atoms with van der Waals surface area (Å²) in [5, 5.41) is 31.8. The first-order valence-corrected chi connectivity index (χ1v) is 5.13. The van der Waals surface area contributed by atoms with Crippen LogP contribution in [-0.2, 0) is 0 Å². The Balaban J connectivity index is 2.52. The lowest BCUT2D eigenvalue weighted by molar-refractivity contribution is 0.389. The van der Waals surface area contributed by atoms with Crippen LogP contribution >= 0.6 is 11.6 Å². The number of phenolic OH excluding ortho intramolecular Hbond substituents is 3. The molecule has 0 spiro atoms. The van der Waals surface area contributed by atoms with Gasteiger partial charge in [-0.1, -0.05) is 11.6 Å². The van der Waals surface area contributed by atoms with Crippen LogP contribution in [0.2, 0.25) is 5.02 Å². The SMILES string of the molecule is Oc1cc(O)c(Cl)c(C2CCNC2)c1O. The largest absolute Gasteiger partial charge is 0.506 e. The highest BCUT2D eigenvalue weighted by molar-refractivity contribution is 6.33. The van der Waals surface area contributed by atoms with Crippen molar-refractivity contribution < 1.29 is 15.3 Å². The Morgan fingerprint density at radius 1 is 1.27 bits per heavy atom. The molecule has 0 bridgehead atoms. The van der Waals surface area contributed by atoms with Gasteiger partial charge in [-0.05, 0) is 13.0 Å². The third-order valence-corrected chi connectivity index (χ3v) is 3.10. The summed E-state index contributed by atoms with van der Waals surface area (Å²) in [7, 11) is 0. The molecule has 1 unspecified atom stereocenters. The van der Waals surface area contributed by atoms with Crippen molar-refractivity contribution in [3.63, 3.8) is 0 Å². The second-order valence-electron chi connectivity index (χ2n) is 3.68. The van der Waals surface area contributed by atoms with E-state index in [2.05, 4.69) is 5.32 Å². The molecule has 1 heterocycles. The van der Waals surface area contributed by atoms with Gasteiger partial charge in [-0.2, -0.15) is 0 Å². The van der Waals surface area contributed by atoms with Gasteiger partial charge in [0.15, 0.2) is 11.5 Å². The molecule has 1 aliphatic rings. The van der Waals surface area contributed by atoms with Crippen molar-refractivity contribution in [3.05, 3.63) is 16.7 Å². The van der Waals surface area contributed by atoms with Gasteiger partial charge in [0.1, 0.15) is 5.75 Å². The molecule has 1 aromatic carbocycles. The van der Waals surface area contributed by atoms with Crippen LogP contribution in [0, 0.1) is 0 Å². The highest BCUT2D eigenvalue weighted by atomic mass is 35.5. The van der Waals surface area contributed by atoms with Crippen LogP contribution in [0.4, 0.5) is 0 Å². The van der Waals surface area contributed by atoms with Crippen LogP contribution in [0.25, 0.3) is 0 Å². The van der Waals surface area contributed by atoms with Gasteiger partial charge in [-0.15, -0.1) is 0 Å². The van der Waals surface area contributed by atoms with Crippen LogP contribution in [0.3, 0.4) is 0 Å². The lowest BCUT2D eigenvalue weighted by Crippen LogP contribution is -2.08. The first-order chi connectivity index (χ1) is 7.11. The predicted molar refractivity (Wildman–Crippen MR) is 56.7 cm³/mol. The fourth-order valence-corrected chi connectivity index (χ4v) is 2.21. The van der Waals surface area contributed by atoms with E-state index < -0.39 is 0 Å². The minimum atomic E-state index is -0.334. The maximum atomic E-state index is 9.69. The smallest absolute Gasteiger partial charge is 0.162 e. The fourth-order valence-electron chi connectivity index (χ4n) is 1.91. The van der Waals surface area contributed by atoms with E-state index in [0.717, 1.165) is 19.0 Å². The number of halogens is 1. The Morgan fingerprint density at radius 2 is 2.00 bits per heavy atom. The molecule has 2 rings (SSSR count). The third kappa shape index (κ3) is 1.70. The predicted octanol–water partition coefficient (Wildman–Crippen LogP) is 1.53. The molecule has 15 heavy (non-hydrogen) atoms. The monoisotopic (exact) mass is 229 g/mol. The van der Waals surface area contributed by atoms with E-state index in [-0.39, 0.29) is 28.2 Å². The van der Waals surface area contributed by atoms with E-state index in [1.807, 2.05) is 0 Å². The Labute approximate surface area is 92.1 Å². The number of aromatic hydroxyl groups is 3. The highest BCUT2D eigenvalue weighted by Crippen LogP contribution is 2.45. The van der Waals surface area contributed by atoms with Crippen molar-refractivity contribution >= 4 is 11.6 Å². The van der Waals surface area contributed by atoms with E-state index in [4.69, 9.17) is 11.6 Å². The van der Waals surface area contributed by atoms with E-state index in [1.165, 1.54) is 0 Å². The number of rotatable bonds is 1. The zero-order valence-electron chi connectivity index (χ0n) is 8.00. The van der Waals surface area contributed by atoms with E-state index in [0.29, 0.717) is 12.1 Å². The Bertz CT molecular complexity index is 362. The lowest BCUT2D eigenvalue weighted by Gasteiger charge is -2.15. The molecule has 82 valence electrons. The molecule has 1 saturated heterocycles. The summed E-state index contributed by atoms with van der Waals surface area (Å²) in [4.78, 5) is 0. The average Bonchev–Trinajstić information content (AvgIpc) is 2.69. The minimum Gasteiger partial charge on any atom is -0.506 e. The van der Waals surface area contributed by atoms with Crippen molar-refractivity contribution in [1.82, 2.24) is 5.32 Å². The van der Waals surface area contributed by atoms with E-state index in [9.17, 15) is 15.3 Å². The van der Waals surface area contributed by atoms with Gasteiger partial charge < -0.3 is 20.6 Å². The topological polar surface area (TPSA) is 72.7 Å². The fraction of sp³-hybridized carbons (Fsp3) is 0.400. The normalized spacial score (nSPS) is 20.7. The summed E-state index contributed by atoms with van der Waals surface area (Å²) in [6, 6.07) is 1.05. The molecule has 1 aliphatic heterocycles. The third-order valence-electron chi connectivity index (χ3n) is 2.70. The summed E-state index contributed by atoms with van der Waals surface area (Å²) in [6.07, 6.45) is 0.830. The molecule has 0 aromatic heterocycles. The first-order valence-electron chi connectivity index (χ1n) is 4.75. The molecule has 0 radical (unpaired) electrons. The number of nitrogens with one attached hydrogen (secondary N) is 1. The molecule has 1 aromatic rings. The number of benzene rings is 1. The molecule has 0 amide bonds. The van der Waals surface area contributed by atoms with Crippen LogP contribution in [0.5, 0.6) is 17.2 Å². The second-order valence-corrected chi connectivity index (χ2v) is 4.06. The molecule has 1 atom stereocenters. The molecule has 4 nitrogen and oxygen atoms in total. The molecule has 5 heteroatoms. The van der Waals surface area contributed by atoms with Gasteiger partial charge in [0.05, 0.1) is 5.02 Å².